The van der Waals surface area contributed by atoms with Gasteiger partial charge in [0.25, 0.3) is 0 Å². The van der Waals surface area contributed by atoms with Gasteiger partial charge in [0, 0.05) is 31.8 Å². The number of carbonyl (C=O) groups excluding carboxylic acids is 4. The lowest BCUT2D eigenvalue weighted by Gasteiger charge is -2.29. The highest BCUT2D eigenvalue weighted by Gasteiger charge is 2.61. The lowest BCUT2D eigenvalue weighted by molar-refractivity contribution is -0.145. The van der Waals surface area contributed by atoms with E-state index < -0.39 is 59.8 Å². The van der Waals surface area contributed by atoms with Crippen LogP contribution in [0.25, 0.3) is 0 Å². The molecule has 242 valence electrons. The Morgan fingerprint density at radius 3 is 2.51 bits per heavy atom. The molecule has 6 rings (SSSR count). The van der Waals surface area contributed by atoms with E-state index in [-0.39, 0.29) is 31.9 Å². The molecule has 13 nitrogen and oxygen atoms in total. The monoisotopic (exact) mass is 624 g/mol. The van der Waals surface area contributed by atoms with Gasteiger partial charge in [0.05, 0.1) is 19.8 Å². The molecule has 5 aliphatic rings. The van der Waals surface area contributed by atoms with Crippen molar-refractivity contribution in [1.29, 1.82) is 0 Å². The summed E-state index contributed by atoms with van der Waals surface area (Å²) in [7, 11) is 0. The summed E-state index contributed by atoms with van der Waals surface area (Å²) in [6.45, 7) is 1.49. The molecule has 4 amide bonds. The quantitative estimate of drug-likeness (QED) is 0.427. The Kier molecular flexibility index (Phi) is 8.97. The highest BCUT2D eigenvalue weighted by molar-refractivity contribution is 5.96. The van der Waals surface area contributed by atoms with E-state index in [1.54, 1.807) is 4.90 Å². The molecule has 0 bridgehead atoms. The van der Waals surface area contributed by atoms with Crippen LogP contribution in [0.5, 0.6) is 0 Å². The van der Waals surface area contributed by atoms with Gasteiger partial charge < -0.3 is 34.9 Å². The Balaban J connectivity index is 1.20. The first-order chi connectivity index (χ1) is 21.7. The van der Waals surface area contributed by atoms with E-state index >= 15 is 0 Å². The maximum absolute atomic E-state index is 14.1. The van der Waals surface area contributed by atoms with Crippen LogP contribution in [0.15, 0.2) is 36.4 Å². The first-order valence-corrected chi connectivity index (χ1v) is 15.8. The number of nitrogens with zero attached hydrogens (tertiary/aromatic N) is 2. The molecule has 3 N–H and O–H groups in total. The van der Waals surface area contributed by atoms with E-state index in [0.717, 1.165) is 30.4 Å². The second-order valence-corrected chi connectivity index (χ2v) is 12.6. The number of amides is 4. The van der Waals surface area contributed by atoms with Crippen LogP contribution in [-0.2, 0) is 41.7 Å². The molecular formula is C32H40N4O9. The summed E-state index contributed by atoms with van der Waals surface area (Å²) in [5.41, 5.74) is 0.601. The molecule has 0 spiro atoms. The van der Waals surface area contributed by atoms with Crippen LogP contribution in [0, 0.1) is 5.92 Å². The minimum Gasteiger partial charge on any atom is -0.479 e. The van der Waals surface area contributed by atoms with Crippen molar-refractivity contribution in [3.05, 3.63) is 47.5 Å². The van der Waals surface area contributed by atoms with Gasteiger partial charge in [-0.1, -0.05) is 49.3 Å². The molecule has 0 aromatic heterocycles. The number of carboxylic acids is 1. The van der Waals surface area contributed by atoms with E-state index in [9.17, 15) is 29.1 Å². The minimum atomic E-state index is -1.45. The van der Waals surface area contributed by atoms with Crippen molar-refractivity contribution in [3.8, 4) is 0 Å². The zero-order valence-electron chi connectivity index (χ0n) is 25.2. The number of hydrogen-bond acceptors (Lipinski definition) is 8. The van der Waals surface area contributed by atoms with Crippen LogP contribution in [0.3, 0.4) is 0 Å². The van der Waals surface area contributed by atoms with Crippen molar-refractivity contribution < 1.29 is 43.3 Å². The van der Waals surface area contributed by atoms with Crippen molar-refractivity contribution in [1.82, 2.24) is 20.4 Å². The normalized spacial score (nSPS) is 32.2. The fraction of sp³-hybridized carbons (Fsp3) is 0.594. The zero-order chi connectivity index (χ0) is 31.6. The first-order valence-electron chi connectivity index (χ1n) is 15.8. The molecule has 45 heavy (non-hydrogen) atoms. The molecule has 3 fully saturated rings. The number of rotatable bonds is 4. The second kappa shape index (κ2) is 13.1. The van der Waals surface area contributed by atoms with E-state index in [1.807, 2.05) is 36.4 Å². The van der Waals surface area contributed by atoms with E-state index in [0.29, 0.717) is 39.0 Å². The summed E-state index contributed by atoms with van der Waals surface area (Å²) < 4.78 is 16.6. The molecule has 0 radical (unpaired) electrons. The number of hydrogen-bond donors (Lipinski definition) is 3. The van der Waals surface area contributed by atoms with Gasteiger partial charge in [0.2, 0.25) is 11.8 Å². The number of alkyl carbamates (subject to hydrolysis) is 1. The highest BCUT2D eigenvalue weighted by atomic mass is 16.6. The number of carboxylic acid groups (broad SMARTS) is 1. The fourth-order valence-corrected chi connectivity index (χ4v) is 6.76. The van der Waals surface area contributed by atoms with Crippen molar-refractivity contribution in [2.24, 2.45) is 5.92 Å². The molecular weight excluding hydrogens is 584 g/mol. The van der Waals surface area contributed by atoms with Crippen molar-refractivity contribution in [3.63, 3.8) is 0 Å². The van der Waals surface area contributed by atoms with Crippen LogP contribution in [0.1, 0.15) is 62.5 Å². The summed E-state index contributed by atoms with van der Waals surface area (Å²) >= 11 is 0. The zero-order valence-corrected chi connectivity index (χ0v) is 25.2. The molecule has 1 aliphatic carbocycles. The molecule has 1 aromatic rings. The average Bonchev–Trinajstić information content (AvgIpc) is 3.43. The van der Waals surface area contributed by atoms with Gasteiger partial charge in [-0.15, -0.1) is 0 Å². The smallest absolute Gasteiger partial charge is 0.410 e. The molecule has 4 aliphatic heterocycles. The molecule has 2 saturated heterocycles. The van der Waals surface area contributed by atoms with Gasteiger partial charge >= 0.3 is 18.2 Å². The lowest BCUT2D eigenvalue weighted by atomic mass is 10.0. The van der Waals surface area contributed by atoms with Gasteiger partial charge in [-0.3, -0.25) is 14.5 Å². The molecule has 6 atom stereocenters. The predicted octanol–water partition coefficient (Wildman–Crippen LogP) is 2.47. The highest BCUT2D eigenvalue weighted by Crippen LogP contribution is 2.45. The van der Waals surface area contributed by atoms with Gasteiger partial charge in [-0.25, -0.2) is 14.4 Å². The van der Waals surface area contributed by atoms with Gasteiger partial charge in [-0.05, 0) is 36.8 Å². The van der Waals surface area contributed by atoms with Crippen LogP contribution in [0.4, 0.5) is 9.59 Å². The number of ether oxygens (including phenoxy) is 3. The van der Waals surface area contributed by atoms with Gasteiger partial charge in [0.1, 0.15) is 29.8 Å². The fourth-order valence-electron chi connectivity index (χ4n) is 6.76. The third-order valence-electron chi connectivity index (χ3n) is 9.44. The Hall–Kier alpha value is -4.13. The average molecular weight is 625 g/mol. The number of nitrogens with one attached hydrogen (secondary N) is 2. The Morgan fingerprint density at radius 2 is 1.80 bits per heavy atom. The summed E-state index contributed by atoms with van der Waals surface area (Å²) in [6, 6.07) is 5.64. The maximum atomic E-state index is 14.1. The van der Waals surface area contributed by atoms with Gasteiger partial charge in [-0.2, -0.15) is 0 Å². The Morgan fingerprint density at radius 1 is 1.02 bits per heavy atom. The van der Waals surface area contributed by atoms with Crippen LogP contribution >= 0.6 is 0 Å². The van der Waals surface area contributed by atoms with E-state index in [1.165, 1.54) is 4.90 Å². The summed E-state index contributed by atoms with van der Waals surface area (Å²) in [5, 5.41) is 15.5. The van der Waals surface area contributed by atoms with E-state index in [4.69, 9.17) is 14.2 Å². The topological polar surface area (TPSA) is 164 Å². The maximum Gasteiger partial charge on any atom is 0.410 e. The number of benzene rings is 1. The third-order valence-corrected chi connectivity index (χ3v) is 9.44. The number of fused-ring (bicyclic) bond motifs is 3. The second-order valence-electron chi connectivity index (χ2n) is 12.6. The SMILES string of the molecule is O=C(N[C@H]1CCCCC/C=C/[C@@H]2C[C@@]2(C(=O)O)NC(=O)[C@@H]2C[C@@H](OC(=O)N3Cc4ccccc4C3)CN2C1=O)O[C@H]1CCOC1. The van der Waals surface area contributed by atoms with E-state index in [2.05, 4.69) is 10.6 Å². The molecule has 4 heterocycles. The Bertz CT molecular complexity index is 1340. The Labute approximate surface area is 261 Å². The van der Waals surface area contributed by atoms with Crippen LogP contribution < -0.4 is 10.6 Å². The van der Waals surface area contributed by atoms with Crippen molar-refractivity contribution >= 4 is 30.0 Å². The number of allylic oxidation sites excluding steroid dienone is 1. The van der Waals surface area contributed by atoms with Gasteiger partial charge in [0.15, 0.2) is 0 Å². The standard InChI is InChI=1S/C32H40N4O9/c37-27-26-14-24(45-31(42)35-16-20-8-6-7-9-21(20)17-35)18-36(26)28(38)25(33-30(41)44-23-12-13-43-19-23)11-5-3-1-2-4-10-22-15-32(22,34-27)29(39)40/h4,6-10,22-26H,1-3,5,11-19H2,(H,33,41)(H,34,37)(H,39,40)/b10-4+/t22-,23+,24-,25+,26+,32-/m1/s1. The minimum absolute atomic E-state index is 0.00309. The summed E-state index contributed by atoms with van der Waals surface area (Å²) in [5.74, 6) is -2.64. The third kappa shape index (κ3) is 6.77. The van der Waals surface area contributed by atoms with Crippen molar-refractivity contribution in [2.45, 2.75) is 94.3 Å². The molecule has 0 unspecified atom stereocenters. The van der Waals surface area contributed by atoms with Crippen LogP contribution in [0.2, 0.25) is 0 Å². The number of aliphatic carboxylic acids is 1. The molecule has 13 heteroatoms. The molecule has 1 aromatic carbocycles. The summed E-state index contributed by atoms with van der Waals surface area (Å²) in [4.78, 5) is 69.0. The summed E-state index contributed by atoms with van der Waals surface area (Å²) in [6.07, 6.45) is 5.39. The first kappa shape index (κ1) is 30.9. The lowest BCUT2D eigenvalue weighted by Crippen LogP contribution is -2.56. The number of carbonyl (C=O) groups is 5. The molecule has 1 saturated carbocycles. The van der Waals surface area contributed by atoms with Crippen LogP contribution in [-0.4, -0.2) is 94.5 Å². The predicted molar refractivity (Wildman–Crippen MR) is 158 cm³/mol. The van der Waals surface area contributed by atoms with Crippen molar-refractivity contribution in [2.75, 3.05) is 19.8 Å². The largest absolute Gasteiger partial charge is 0.479 e.